The molecule has 0 heterocycles. The largest absolute Gasteiger partial charge is 0.480 e. The van der Waals surface area contributed by atoms with Gasteiger partial charge >= 0.3 is 12.1 Å². The molecule has 8 nitrogen and oxygen atoms in total. The molecule has 1 unspecified atom stereocenters. The first kappa shape index (κ1) is 22.8. The summed E-state index contributed by atoms with van der Waals surface area (Å²) in [5, 5.41) is 23.4. The molecule has 8 heteroatoms. The maximum absolute atomic E-state index is 12.8. The Hall–Kier alpha value is -3.39. The third-order valence-corrected chi connectivity index (χ3v) is 6.55. The lowest BCUT2D eigenvalue weighted by molar-refractivity contribution is -0.142. The summed E-state index contributed by atoms with van der Waals surface area (Å²) >= 11 is 0. The van der Waals surface area contributed by atoms with Gasteiger partial charge in [0.05, 0.1) is 0 Å². The van der Waals surface area contributed by atoms with Gasteiger partial charge in [0.15, 0.2) is 0 Å². The van der Waals surface area contributed by atoms with E-state index in [1.165, 1.54) is 0 Å². The highest BCUT2D eigenvalue weighted by Crippen LogP contribution is 2.44. The fraction of sp³-hybridized carbons (Fsp3) is 0.400. The number of carboxylic acids is 1. The van der Waals surface area contributed by atoms with E-state index in [0.717, 1.165) is 41.5 Å². The third kappa shape index (κ3) is 4.85. The number of hydrogen-bond donors (Lipinski definition) is 4. The summed E-state index contributed by atoms with van der Waals surface area (Å²) in [7, 11) is 0. The zero-order chi connectivity index (χ0) is 23.4. The predicted molar refractivity (Wildman–Crippen MR) is 121 cm³/mol. The minimum absolute atomic E-state index is 0.0750. The average molecular weight is 453 g/mol. The number of fused-ring (bicyclic) bond motifs is 3. The zero-order valence-corrected chi connectivity index (χ0v) is 18.2. The smallest absolute Gasteiger partial charge is 0.407 e. The fourth-order valence-corrected chi connectivity index (χ4v) is 4.59. The number of amides is 2. The molecule has 0 spiro atoms. The van der Waals surface area contributed by atoms with Crippen molar-refractivity contribution >= 4 is 18.0 Å². The van der Waals surface area contributed by atoms with E-state index in [1.807, 2.05) is 36.4 Å². The van der Waals surface area contributed by atoms with Gasteiger partial charge in [0, 0.05) is 18.9 Å². The van der Waals surface area contributed by atoms with Crippen LogP contribution >= 0.6 is 0 Å². The number of ether oxygens (including phenoxy) is 1. The molecule has 2 atom stereocenters. The Morgan fingerprint density at radius 1 is 0.970 bits per heavy atom. The quantitative estimate of drug-likeness (QED) is 0.464. The van der Waals surface area contributed by atoms with Crippen molar-refractivity contribution in [2.45, 2.75) is 43.7 Å². The van der Waals surface area contributed by atoms with Crippen molar-refractivity contribution in [1.82, 2.24) is 10.6 Å². The van der Waals surface area contributed by atoms with Gasteiger partial charge < -0.3 is 25.6 Å². The molecule has 174 valence electrons. The van der Waals surface area contributed by atoms with Crippen molar-refractivity contribution in [3.8, 4) is 11.1 Å². The van der Waals surface area contributed by atoms with Gasteiger partial charge in [-0.05, 0) is 41.0 Å². The Labute approximate surface area is 192 Å². The van der Waals surface area contributed by atoms with E-state index in [2.05, 4.69) is 22.8 Å². The molecule has 0 aliphatic heterocycles. The lowest BCUT2D eigenvalue weighted by atomic mass is 9.79. The van der Waals surface area contributed by atoms with Gasteiger partial charge in [-0.1, -0.05) is 55.0 Å². The third-order valence-electron chi connectivity index (χ3n) is 6.55. The zero-order valence-electron chi connectivity index (χ0n) is 18.2. The molecular weight excluding hydrogens is 424 g/mol. The van der Waals surface area contributed by atoms with Gasteiger partial charge in [0.25, 0.3) is 0 Å². The van der Waals surface area contributed by atoms with Crippen LogP contribution < -0.4 is 10.6 Å². The van der Waals surface area contributed by atoms with Crippen LogP contribution in [0, 0.1) is 5.92 Å². The molecule has 0 saturated heterocycles. The van der Waals surface area contributed by atoms with Gasteiger partial charge in [0.2, 0.25) is 5.91 Å². The van der Waals surface area contributed by atoms with Crippen LogP contribution in [-0.4, -0.2) is 53.5 Å². The van der Waals surface area contributed by atoms with Crippen molar-refractivity contribution in [3.63, 3.8) is 0 Å². The fourth-order valence-electron chi connectivity index (χ4n) is 4.59. The van der Waals surface area contributed by atoms with E-state index in [9.17, 15) is 19.5 Å². The van der Waals surface area contributed by atoms with Crippen molar-refractivity contribution in [2.24, 2.45) is 5.92 Å². The Morgan fingerprint density at radius 3 is 2.09 bits per heavy atom. The summed E-state index contributed by atoms with van der Waals surface area (Å²) in [5.74, 6) is -1.98. The second kappa shape index (κ2) is 10.0. The monoisotopic (exact) mass is 452 g/mol. The van der Waals surface area contributed by atoms with Crippen LogP contribution in [0.1, 0.15) is 42.7 Å². The molecule has 4 rings (SSSR count). The standard InChI is InChI=1S/C25H28N2O6/c28-13-12-21(24(30)31)26-23(29)22(15-6-5-7-15)27-25(32)33-14-20-18-10-3-1-8-16(18)17-9-2-4-11-19(17)20/h1-4,8-11,15,20-22,28H,5-7,12-14H2,(H,26,29)(H,27,32)(H,30,31)/t21-,22?/m0/s1. The highest BCUT2D eigenvalue weighted by Gasteiger charge is 2.36. The molecule has 0 bridgehead atoms. The summed E-state index contributed by atoms with van der Waals surface area (Å²) < 4.78 is 5.55. The van der Waals surface area contributed by atoms with Crippen LogP contribution in [0.25, 0.3) is 11.1 Å². The summed E-state index contributed by atoms with van der Waals surface area (Å²) in [6.45, 7) is -0.244. The van der Waals surface area contributed by atoms with Crippen molar-refractivity contribution < 1.29 is 29.3 Å². The summed E-state index contributed by atoms with van der Waals surface area (Å²) in [6, 6.07) is 13.9. The summed E-state index contributed by atoms with van der Waals surface area (Å²) in [4.78, 5) is 36.8. The first-order chi connectivity index (χ1) is 16.0. The van der Waals surface area contributed by atoms with Crippen LogP contribution in [0.2, 0.25) is 0 Å². The number of carbonyl (C=O) groups is 3. The van der Waals surface area contributed by atoms with E-state index < -0.39 is 30.1 Å². The molecule has 1 fully saturated rings. The molecule has 2 aliphatic rings. The van der Waals surface area contributed by atoms with Crippen LogP contribution in [0.15, 0.2) is 48.5 Å². The van der Waals surface area contributed by atoms with Gasteiger partial charge in [-0.25, -0.2) is 9.59 Å². The average Bonchev–Trinajstić information content (AvgIpc) is 3.09. The highest BCUT2D eigenvalue weighted by atomic mass is 16.5. The van der Waals surface area contributed by atoms with Gasteiger partial charge in [-0.3, -0.25) is 4.79 Å². The van der Waals surface area contributed by atoms with Gasteiger partial charge in [-0.15, -0.1) is 0 Å². The molecule has 4 N–H and O–H groups in total. The van der Waals surface area contributed by atoms with E-state index >= 15 is 0 Å². The molecule has 1 saturated carbocycles. The van der Waals surface area contributed by atoms with Crippen molar-refractivity contribution in [2.75, 3.05) is 13.2 Å². The van der Waals surface area contributed by atoms with E-state index in [1.54, 1.807) is 0 Å². The number of benzene rings is 2. The molecule has 2 aromatic carbocycles. The Bertz CT molecular complexity index is 990. The van der Waals surface area contributed by atoms with Crippen LogP contribution in [0.3, 0.4) is 0 Å². The number of aliphatic hydroxyl groups is 1. The van der Waals surface area contributed by atoms with Gasteiger partial charge in [-0.2, -0.15) is 0 Å². The van der Waals surface area contributed by atoms with E-state index in [-0.39, 0.29) is 31.5 Å². The van der Waals surface area contributed by atoms with Gasteiger partial charge in [0.1, 0.15) is 18.7 Å². The van der Waals surface area contributed by atoms with Crippen LogP contribution in [-0.2, 0) is 14.3 Å². The van der Waals surface area contributed by atoms with Crippen LogP contribution in [0.5, 0.6) is 0 Å². The van der Waals surface area contributed by atoms with E-state index in [4.69, 9.17) is 9.84 Å². The number of aliphatic hydroxyl groups excluding tert-OH is 1. The first-order valence-electron chi connectivity index (χ1n) is 11.2. The maximum atomic E-state index is 12.8. The molecular formula is C25H28N2O6. The minimum Gasteiger partial charge on any atom is -0.480 e. The maximum Gasteiger partial charge on any atom is 0.407 e. The Balaban J connectivity index is 1.41. The molecule has 0 aromatic heterocycles. The highest BCUT2D eigenvalue weighted by molar-refractivity contribution is 5.89. The Kier molecular flexibility index (Phi) is 6.93. The first-order valence-corrected chi connectivity index (χ1v) is 11.2. The SMILES string of the molecule is O=C(NC(C(=O)N[C@@H](CCO)C(=O)O)C1CCC1)OCC1c2ccccc2-c2ccccc21. The Morgan fingerprint density at radius 2 is 1.58 bits per heavy atom. The number of rotatable bonds is 9. The molecule has 2 aliphatic carbocycles. The minimum atomic E-state index is -1.23. The van der Waals surface area contributed by atoms with Crippen molar-refractivity contribution in [3.05, 3.63) is 59.7 Å². The van der Waals surface area contributed by atoms with Crippen molar-refractivity contribution in [1.29, 1.82) is 0 Å². The number of nitrogens with one attached hydrogen (secondary N) is 2. The number of alkyl carbamates (subject to hydrolysis) is 1. The topological polar surface area (TPSA) is 125 Å². The number of aliphatic carboxylic acids is 1. The second-order valence-corrected chi connectivity index (χ2v) is 8.55. The lowest BCUT2D eigenvalue weighted by Crippen LogP contribution is -2.56. The number of carboxylic acid groups (broad SMARTS) is 1. The summed E-state index contributed by atoms with van der Waals surface area (Å²) in [6.07, 6.45) is 1.65. The number of hydrogen-bond acceptors (Lipinski definition) is 5. The second-order valence-electron chi connectivity index (χ2n) is 8.55. The van der Waals surface area contributed by atoms with E-state index in [0.29, 0.717) is 0 Å². The number of carbonyl (C=O) groups excluding carboxylic acids is 2. The molecule has 2 amide bonds. The molecule has 2 aromatic rings. The molecule has 33 heavy (non-hydrogen) atoms. The summed E-state index contributed by atoms with van der Waals surface area (Å²) in [5.41, 5.74) is 4.43. The lowest BCUT2D eigenvalue weighted by Gasteiger charge is -2.33. The predicted octanol–water partition coefficient (Wildman–Crippen LogP) is 2.65. The molecule has 0 radical (unpaired) electrons. The van der Waals surface area contributed by atoms with Crippen LogP contribution in [0.4, 0.5) is 4.79 Å². The normalized spacial score (nSPS) is 16.6.